The molecule has 7 nitrogen and oxygen atoms in total. The first kappa shape index (κ1) is 24.2. The standard InChI is InChI=1S/C28H31N5O2S/c1-20-31-26(22-6-4-3-5-7-22)28(36-20)35-24-12-13-30-27(29)25(24)21-8-10-23(11-9-21)33-16-14-32(15-17-33)18-19-34-2/h3-13H,14-19H2,1-2H3,(H2,29,30). The molecule has 0 unspecified atom stereocenters. The average molecular weight is 502 g/mol. The number of anilines is 2. The monoisotopic (exact) mass is 501 g/mol. The molecule has 1 aliphatic heterocycles. The van der Waals surface area contributed by atoms with Crippen molar-refractivity contribution < 1.29 is 9.47 Å². The Labute approximate surface area is 216 Å². The number of nitrogen functional groups attached to an aromatic ring is 1. The molecule has 1 saturated heterocycles. The third kappa shape index (κ3) is 5.36. The number of thiazole rings is 1. The molecule has 186 valence electrons. The van der Waals surface area contributed by atoms with Gasteiger partial charge in [-0.3, -0.25) is 4.90 Å². The van der Waals surface area contributed by atoms with Crippen LogP contribution in [0.25, 0.3) is 22.4 Å². The first-order chi connectivity index (χ1) is 17.6. The third-order valence-electron chi connectivity index (χ3n) is 6.40. The van der Waals surface area contributed by atoms with Crippen molar-refractivity contribution in [2.24, 2.45) is 0 Å². The number of aryl methyl sites for hydroxylation is 1. The predicted octanol–water partition coefficient (Wildman–Crippen LogP) is 5.32. The highest BCUT2D eigenvalue weighted by atomic mass is 32.1. The van der Waals surface area contributed by atoms with Crippen LogP contribution in [0.1, 0.15) is 5.01 Å². The van der Waals surface area contributed by atoms with Crippen molar-refractivity contribution in [1.82, 2.24) is 14.9 Å². The van der Waals surface area contributed by atoms with E-state index in [1.165, 1.54) is 17.0 Å². The lowest BCUT2D eigenvalue weighted by Crippen LogP contribution is -2.47. The Kier molecular flexibility index (Phi) is 7.46. The van der Waals surface area contributed by atoms with Gasteiger partial charge in [0, 0.05) is 57.3 Å². The van der Waals surface area contributed by atoms with E-state index in [-0.39, 0.29) is 0 Å². The summed E-state index contributed by atoms with van der Waals surface area (Å²) >= 11 is 1.53. The van der Waals surface area contributed by atoms with Gasteiger partial charge < -0.3 is 20.1 Å². The first-order valence-corrected chi connectivity index (χ1v) is 13.0. The molecule has 1 aliphatic rings. The molecule has 2 aromatic heterocycles. The van der Waals surface area contributed by atoms with E-state index in [2.05, 4.69) is 39.0 Å². The summed E-state index contributed by atoms with van der Waals surface area (Å²) in [4.78, 5) is 13.9. The zero-order valence-electron chi connectivity index (χ0n) is 20.7. The van der Waals surface area contributed by atoms with Gasteiger partial charge in [-0.25, -0.2) is 9.97 Å². The van der Waals surface area contributed by atoms with Crippen LogP contribution in [-0.2, 0) is 4.74 Å². The molecule has 0 aliphatic carbocycles. The minimum atomic E-state index is 0.439. The number of nitrogens with zero attached hydrogens (tertiary/aromatic N) is 4. The maximum absolute atomic E-state index is 6.45. The zero-order chi connectivity index (χ0) is 24.9. The number of benzene rings is 2. The molecule has 2 N–H and O–H groups in total. The largest absolute Gasteiger partial charge is 0.443 e. The van der Waals surface area contributed by atoms with E-state index in [1.807, 2.05) is 43.3 Å². The van der Waals surface area contributed by atoms with Crippen molar-refractivity contribution in [3.8, 4) is 33.2 Å². The molecule has 0 radical (unpaired) electrons. The normalized spacial score (nSPS) is 14.2. The summed E-state index contributed by atoms with van der Waals surface area (Å²) in [5, 5.41) is 1.69. The van der Waals surface area contributed by atoms with E-state index in [4.69, 9.17) is 20.2 Å². The second kappa shape index (κ2) is 11.1. The number of pyridine rings is 1. The van der Waals surface area contributed by atoms with Crippen molar-refractivity contribution in [1.29, 1.82) is 0 Å². The number of aromatic nitrogens is 2. The topological polar surface area (TPSA) is 76.7 Å². The second-order valence-corrected chi connectivity index (χ2v) is 9.94. The molecule has 5 rings (SSSR count). The van der Waals surface area contributed by atoms with E-state index < -0.39 is 0 Å². The van der Waals surface area contributed by atoms with E-state index >= 15 is 0 Å². The summed E-state index contributed by atoms with van der Waals surface area (Å²) in [7, 11) is 1.75. The molecule has 1 fully saturated rings. The fourth-order valence-corrected chi connectivity index (χ4v) is 5.28. The van der Waals surface area contributed by atoms with Crippen LogP contribution in [0.4, 0.5) is 11.5 Å². The summed E-state index contributed by atoms with van der Waals surface area (Å²) in [6, 6.07) is 20.5. The van der Waals surface area contributed by atoms with Gasteiger partial charge in [0.15, 0.2) is 0 Å². The summed E-state index contributed by atoms with van der Waals surface area (Å²) in [5.74, 6) is 1.11. The number of nitrogens with two attached hydrogens (primary N) is 1. The Balaban J connectivity index is 1.37. The van der Waals surface area contributed by atoms with Crippen LogP contribution < -0.4 is 15.4 Å². The molecular formula is C28H31N5O2S. The van der Waals surface area contributed by atoms with Crippen molar-refractivity contribution in [2.75, 3.05) is 57.1 Å². The fraction of sp³-hybridized carbons (Fsp3) is 0.286. The van der Waals surface area contributed by atoms with Crippen molar-refractivity contribution in [3.63, 3.8) is 0 Å². The van der Waals surface area contributed by atoms with Gasteiger partial charge in [-0.2, -0.15) is 0 Å². The second-order valence-electron chi connectivity index (χ2n) is 8.77. The Morgan fingerprint density at radius 1 is 0.944 bits per heavy atom. The molecule has 0 saturated carbocycles. The molecule has 3 heterocycles. The van der Waals surface area contributed by atoms with Gasteiger partial charge in [0.25, 0.3) is 0 Å². The van der Waals surface area contributed by atoms with Crippen LogP contribution >= 0.6 is 11.3 Å². The third-order valence-corrected chi connectivity index (χ3v) is 7.25. The first-order valence-electron chi connectivity index (χ1n) is 12.1. The molecular weight excluding hydrogens is 470 g/mol. The fourth-order valence-electron chi connectivity index (χ4n) is 4.48. The maximum atomic E-state index is 6.45. The Hall–Kier alpha value is -3.46. The number of hydrogen-bond donors (Lipinski definition) is 1. The minimum absolute atomic E-state index is 0.439. The zero-order valence-corrected chi connectivity index (χ0v) is 21.5. The van der Waals surface area contributed by atoms with Gasteiger partial charge in [0.05, 0.1) is 17.2 Å². The van der Waals surface area contributed by atoms with Crippen molar-refractivity contribution in [3.05, 3.63) is 71.9 Å². The quantitative estimate of drug-likeness (QED) is 0.350. The van der Waals surface area contributed by atoms with Crippen LogP contribution in [-0.4, -0.2) is 61.3 Å². The molecule has 0 atom stereocenters. The molecule has 8 heteroatoms. The highest BCUT2D eigenvalue weighted by Crippen LogP contribution is 2.42. The summed E-state index contributed by atoms with van der Waals surface area (Å²) in [6.45, 7) is 7.82. The minimum Gasteiger partial charge on any atom is -0.443 e. The summed E-state index contributed by atoms with van der Waals surface area (Å²) in [5.41, 5.74) is 11.2. The summed E-state index contributed by atoms with van der Waals surface area (Å²) < 4.78 is 11.7. The number of ether oxygens (including phenoxy) is 2. The van der Waals surface area contributed by atoms with Gasteiger partial charge in [0.2, 0.25) is 5.06 Å². The average Bonchev–Trinajstić information content (AvgIpc) is 3.28. The molecule has 0 bridgehead atoms. The van der Waals surface area contributed by atoms with Crippen LogP contribution in [0, 0.1) is 6.92 Å². The van der Waals surface area contributed by atoms with Gasteiger partial charge in [-0.05, 0) is 30.7 Å². The number of piperazine rings is 1. The lowest BCUT2D eigenvalue weighted by molar-refractivity contribution is 0.144. The van der Waals surface area contributed by atoms with Crippen molar-refractivity contribution >= 4 is 22.8 Å². The smallest absolute Gasteiger partial charge is 0.208 e. The number of hydrogen-bond acceptors (Lipinski definition) is 8. The molecule has 2 aromatic carbocycles. The molecule has 0 spiro atoms. The SMILES string of the molecule is COCCN1CCN(c2ccc(-c3c(Oc4sc(C)nc4-c4ccccc4)ccnc3N)cc2)CC1. The predicted molar refractivity (Wildman–Crippen MR) is 147 cm³/mol. The van der Waals surface area contributed by atoms with Crippen molar-refractivity contribution in [2.45, 2.75) is 6.92 Å². The molecule has 36 heavy (non-hydrogen) atoms. The Morgan fingerprint density at radius 3 is 2.42 bits per heavy atom. The van der Waals surface area contributed by atoms with Gasteiger partial charge >= 0.3 is 0 Å². The van der Waals surface area contributed by atoms with Crippen LogP contribution in [0.3, 0.4) is 0 Å². The molecule has 4 aromatic rings. The number of methoxy groups -OCH3 is 1. The van der Waals surface area contributed by atoms with Crippen LogP contribution in [0.5, 0.6) is 10.8 Å². The Bertz CT molecular complexity index is 1290. The lowest BCUT2D eigenvalue weighted by atomic mass is 10.0. The van der Waals surface area contributed by atoms with E-state index in [9.17, 15) is 0 Å². The van der Waals surface area contributed by atoms with Crippen LogP contribution in [0.15, 0.2) is 66.9 Å². The lowest BCUT2D eigenvalue weighted by Gasteiger charge is -2.36. The maximum Gasteiger partial charge on any atom is 0.208 e. The highest BCUT2D eigenvalue weighted by molar-refractivity contribution is 7.13. The summed E-state index contributed by atoms with van der Waals surface area (Å²) in [6.07, 6.45) is 1.68. The highest BCUT2D eigenvalue weighted by Gasteiger charge is 2.20. The van der Waals surface area contributed by atoms with Gasteiger partial charge in [-0.15, -0.1) is 0 Å². The van der Waals surface area contributed by atoms with Crippen LogP contribution in [0.2, 0.25) is 0 Å². The number of rotatable bonds is 8. The van der Waals surface area contributed by atoms with Gasteiger partial charge in [-0.1, -0.05) is 53.8 Å². The Morgan fingerprint density at radius 2 is 1.69 bits per heavy atom. The van der Waals surface area contributed by atoms with E-state index in [0.717, 1.165) is 71.8 Å². The van der Waals surface area contributed by atoms with E-state index in [1.54, 1.807) is 13.3 Å². The van der Waals surface area contributed by atoms with E-state index in [0.29, 0.717) is 11.6 Å². The van der Waals surface area contributed by atoms with Gasteiger partial charge in [0.1, 0.15) is 17.3 Å². The molecule has 0 amide bonds.